The summed E-state index contributed by atoms with van der Waals surface area (Å²) in [6.45, 7) is 4.61. The minimum absolute atomic E-state index is 0.0241. The van der Waals surface area contributed by atoms with E-state index in [1.165, 1.54) is 0 Å². The lowest BCUT2D eigenvalue weighted by Crippen LogP contribution is -2.24. The van der Waals surface area contributed by atoms with Crippen molar-refractivity contribution < 1.29 is 4.79 Å². The van der Waals surface area contributed by atoms with E-state index < -0.39 is 0 Å². The molecular weight excluding hydrogens is 230 g/mol. The molecule has 0 aliphatic heterocycles. The van der Waals surface area contributed by atoms with Gasteiger partial charge in [-0.3, -0.25) is 4.79 Å². The number of hydrogen-bond donors (Lipinski definition) is 1. The van der Waals surface area contributed by atoms with E-state index in [1.54, 1.807) is 11.3 Å². The molecule has 0 aromatic carbocycles. The van der Waals surface area contributed by atoms with Crippen LogP contribution >= 0.6 is 22.9 Å². The first-order valence-corrected chi connectivity index (χ1v) is 6.44. The van der Waals surface area contributed by atoms with Crippen molar-refractivity contribution in [1.29, 1.82) is 0 Å². The molecule has 1 aromatic heterocycles. The molecule has 1 N–H and O–H groups in total. The van der Waals surface area contributed by atoms with E-state index in [4.69, 9.17) is 11.6 Å². The third-order valence-corrected chi connectivity index (χ3v) is 3.24. The van der Waals surface area contributed by atoms with E-state index in [0.717, 1.165) is 24.0 Å². The van der Waals surface area contributed by atoms with Gasteiger partial charge in [0, 0.05) is 17.3 Å². The molecule has 4 heteroatoms. The fraction of sp³-hybridized carbons (Fsp3) is 0.545. The smallest absolute Gasteiger partial charge is 0.252 e. The van der Waals surface area contributed by atoms with Crippen LogP contribution in [0.3, 0.4) is 0 Å². The topological polar surface area (TPSA) is 29.1 Å². The average molecular weight is 246 g/mol. The van der Waals surface area contributed by atoms with Crippen molar-refractivity contribution in [2.75, 3.05) is 6.54 Å². The summed E-state index contributed by atoms with van der Waals surface area (Å²) in [5.41, 5.74) is 1.84. The van der Waals surface area contributed by atoms with Crippen LogP contribution in [-0.2, 0) is 0 Å². The summed E-state index contributed by atoms with van der Waals surface area (Å²) in [5.74, 6) is 0.0241. The van der Waals surface area contributed by atoms with Crippen molar-refractivity contribution in [1.82, 2.24) is 5.32 Å². The first kappa shape index (κ1) is 12.5. The first-order chi connectivity index (χ1) is 7.11. The van der Waals surface area contributed by atoms with Crippen LogP contribution in [0.5, 0.6) is 0 Å². The van der Waals surface area contributed by atoms with Crippen molar-refractivity contribution in [2.24, 2.45) is 0 Å². The van der Waals surface area contributed by atoms with Gasteiger partial charge in [0.25, 0.3) is 5.91 Å². The number of aryl methyl sites for hydroxylation is 1. The van der Waals surface area contributed by atoms with Gasteiger partial charge in [0.15, 0.2) is 0 Å². The lowest BCUT2D eigenvalue weighted by molar-refractivity contribution is 0.0953. The van der Waals surface area contributed by atoms with Gasteiger partial charge >= 0.3 is 0 Å². The Morgan fingerprint density at radius 1 is 1.60 bits per heavy atom. The van der Waals surface area contributed by atoms with E-state index in [0.29, 0.717) is 6.54 Å². The van der Waals surface area contributed by atoms with Crippen LogP contribution in [0.2, 0.25) is 0 Å². The normalized spacial score (nSPS) is 12.5. The molecule has 0 saturated carbocycles. The molecular formula is C11H16ClNOS. The minimum atomic E-state index is 0.0241. The maximum Gasteiger partial charge on any atom is 0.252 e. The number of rotatable bonds is 5. The number of halogens is 1. The largest absolute Gasteiger partial charge is 0.352 e. The Labute approximate surface area is 99.6 Å². The molecule has 1 atom stereocenters. The van der Waals surface area contributed by atoms with Gasteiger partial charge in [-0.1, -0.05) is 0 Å². The number of alkyl halides is 1. The van der Waals surface area contributed by atoms with E-state index in [2.05, 4.69) is 5.32 Å². The average Bonchev–Trinajstić information content (AvgIpc) is 2.58. The summed E-state index contributed by atoms with van der Waals surface area (Å²) in [6.07, 6.45) is 1.87. The van der Waals surface area contributed by atoms with Crippen molar-refractivity contribution in [3.8, 4) is 0 Å². The number of nitrogens with one attached hydrogen (secondary N) is 1. The molecule has 2 nitrogen and oxygen atoms in total. The molecule has 0 saturated heterocycles. The second-order valence-electron chi connectivity index (χ2n) is 3.65. The number of amides is 1. The van der Waals surface area contributed by atoms with Crippen LogP contribution in [0.1, 0.15) is 35.7 Å². The molecule has 0 bridgehead atoms. The Kier molecular flexibility index (Phi) is 5.12. The van der Waals surface area contributed by atoms with Crippen molar-refractivity contribution in [3.63, 3.8) is 0 Å². The van der Waals surface area contributed by atoms with Gasteiger partial charge in [-0.05, 0) is 37.6 Å². The summed E-state index contributed by atoms with van der Waals surface area (Å²) >= 11 is 7.36. The highest BCUT2D eigenvalue weighted by molar-refractivity contribution is 7.08. The quantitative estimate of drug-likeness (QED) is 0.627. The molecule has 1 heterocycles. The molecule has 84 valence electrons. The maximum absolute atomic E-state index is 11.6. The predicted octanol–water partition coefficient (Wildman–Crippen LogP) is 3.19. The van der Waals surface area contributed by atoms with Gasteiger partial charge in [-0.2, -0.15) is 11.3 Å². The van der Waals surface area contributed by atoms with E-state index in [-0.39, 0.29) is 11.3 Å². The molecule has 1 aromatic rings. The highest BCUT2D eigenvalue weighted by Gasteiger charge is 2.08. The zero-order valence-electron chi connectivity index (χ0n) is 9.05. The molecule has 1 rings (SSSR count). The Morgan fingerprint density at radius 2 is 2.33 bits per heavy atom. The Balaban J connectivity index is 2.28. The Hall–Kier alpha value is -0.540. The summed E-state index contributed by atoms with van der Waals surface area (Å²) < 4.78 is 0. The highest BCUT2D eigenvalue weighted by Crippen LogP contribution is 2.13. The van der Waals surface area contributed by atoms with E-state index in [1.807, 2.05) is 24.6 Å². The van der Waals surface area contributed by atoms with Crippen LogP contribution in [0.25, 0.3) is 0 Å². The lowest BCUT2D eigenvalue weighted by Gasteiger charge is -2.05. The molecule has 15 heavy (non-hydrogen) atoms. The minimum Gasteiger partial charge on any atom is -0.352 e. The SMILES string of the molecule is Cc1cscc1C(=O)NCCCC(C)Cl. The maximum atomic E-state index is 11.6. The number of hydrogen-bond acceptors (Lipinski definition) is 2. The summed E-state index contributed by atoms with van der Waals surface area (Å²) in [5, 5.41) is 6.94. The van der Waals surface area contributed by atoms with Crippen LogP contribution in [0.15, 0.2) is 10.8 Å². The number of carbonyl (C=O) groups is 1. The molecule has 1 unspecified atom stereocenters. The van der Waals surface area contributed by atoms with Gasteiger partial charge in [0.1, 0.15) is 0 Å². The molecule has 0 aliphatic carbocycles. The van der Waals surface area contributed by atoms with Gasteiger partial charge in [-0.15, -0.1) is 11.6 Å². The van der Waals surface area contributed by atoms with Gasteiger partial charge in [0.2, 0.25) is 0 Å². The van der Waals surface area contributed by atoms with Crippen LogP contribution < -0.4 is 5.32 Å². The monoisotopic (exact) mass is 245 g/mol. The molecule has 0 spiro atoms. The Morgan fingerprint density at radius 3 is 2.87 bits per heavy atom. The standard InChI is InChI=1S/C11H16ClNOS/c1-8-6-15-7-10(8)11(14)13-5-3-4-9(2)12/h6-7,9H,3-5H2,1-2H3,(H,13,14). The summed E-state index contributed by atoms with van der Waals surface area (Å²) in [7, 11) is 0. The molecule has 1 amide bonds. The van der Waals surface area contributed by atoms with E-state index >= 15 is 0 Å². The fourth-order valence-electron chi connectivity index (χ4n) is 1.27. The zero-order valence-corrected chi connectivity index (χ0v) is 10.6. The van der Waals surface area contributed by atoms with Gasteiger partial charge < -0.3 is 5.32 Å². The molecule has 0 fully saturated rings. The zero-order chi connectivity index (χ0) is 11.3. The van der Waals surface area contributed by atoms with Crippen molar-refractivity contribution in [3.05, 3.63) is 21.9 Å². The first-order valence-electron chi connectivity index (χ1n) is 5.06. The van der Waals surface area contributed by atoms with Crippen molar-refractivity contribution >= 4 is 28.8 Å². The van der Waals surface area contributed by atoms with E-state index in [9.17, 15) is 4.79 Å². The lowest BCUT2D eigenvalue weighted by atomic mass is 10.2. The molecule has 0 aliphatic rings. The van der Waals surface area contributed by atoms with Crippen molar-refractivity contribution in [2.45, 2.75) is 32.1 Å². The number of carbonyl (C=O) groups excluding carboxylic acids is 1. The number of thiophene rings is 1. The Bertz CT molecular complexity index is 322. The summed E-state index contributed by atoms with van der Waals surface area (Å²) in [6, 6.07) is 0. The second kappa shape index (κ2) is 6.13. The predicted molar refractivity (Wildman–Crippen MR) is 65.9 cm³/mol. The van der Waals surface area contributed by atoms with Crippen LogP contribution in [-0.4, -0.2) is 17.8 Å². The third kappa shape index (κ3) is 4.22. The molecule has 0 radical (unpaired) electrons. The summed E-state index contributed by atoms with van der Waals surface area (Å²) in [4.78, 5) is 11.6. The second-order valence-corrected chi connectivity index (χ2v) is 5.14. The third-order valence-electron chi connectivity index (χ3n) is 2.16. The van der Waals surface area contributed by atoms with Gasteiger partial charge in [-0.25, -0.2) is 0 Å². The van der Waals surface area contributed by atoms with Gasteiger partial charge in [0.05, 0.1) is 5.56 Å². The highest BCUT2D eigenvalue weighted by atomic mass is 35.5. The fourth-order valence-corrected chi connectivity index (χ4v) is 2.26. The van der Waals surface area contributed by atoms with Crippen LogP contribution in [0.4, 0.5) is 0 Å². The van der Waals surface area contributed by atoms with Crippen LogP contribution in [0, 0.1) is 6.92 Å².